The predicted molar refractivity (Wildman–Crippen MR) is 147 cm³/mol. The summed E-state index contributed by atoms with van der Waals surface area (Å²) >= 11 is 0. The monoisotopic (exact) mass is 534 g/mol. The van der Waals surface area contributed by atoms with E-state index in [9.17, 15) is 28.8 Å². The van der Waals surface area contributed by atoms with Crippen molar-refractivity contribution in [3.63, 3.8) is 0 Å². The Bertz CT molecular complexity index is 1890. The van der Waals surface area contributed by atoms with Crippen molar-refractivity contribution in [3.8, 4) is 0 Å². The largest absolute Gasteiger partial charge is 0.332 e. The van der Waals surface area contributed by atoms with Gasteiger partial charge in [0.15, 0.2) is 0 Å². The van der Waals surface area contributed by atoms with Gasteiger partial charge < -0.3 is 9.80 Å². The zero-order valence-corrected chi connectivity index (χ0v) is 21.3. The molecule has 0 bridgehead atoms. The average molecular weight is 535 g/mol. The van der Waals surface area contributed by atoms with Gasteiger partial charge in [0.05, 0.1) is 21.5 Å². The maximum atomic E-state index is 13.2. The van der Waals surface area contributed by atoms with Crippen LogP contribution >= 0.6 is 0 Å². The molecule has 10 heteroatoms. The zero-order valence-electron chi connectivity index (χ0n) is 21.3. The van der Waals surface area contributed by atoms with Gasteiger partial charge in [-0.1, -0.05) is 36.4 Å². The van der Waals surface area contributed by atoms with Gasteiger partial charge in [-0.3, -0.25) is 37.9 Å². The fourth-order valence-corrected chi connectivity index (χ4v) is 5.91. The summed E-state index contributed by atoms with van der Waals surface area (Å²) in [4.78, 5) is 81.2. The van der Waals surface area contributed by atoms with Gasteiger partial charge in [0.1, 0.15) is 0 Å². The minimum Gasteiger partial charge on any atom is -0.332 e. The first-order chi connectivity index (χ1) is 19.3. The van der Waals surface area contributed by atoms with E-state index in [4.69, 9.17) is 0 Å². The Morgan fingerprint density at radius 1 is 0.475 bits per heavy atom. The third-order valence-corrected chi connectivity index (χ3v) is 8.04. The summed E-state index contributed by atoms with van der Waals surface area (Å²) in [6.45, 7) is 1.14. The summed E-state index contributed by atoms with van der Waals surface area (Å²) in [5.74, 6) is -0.302. The summed E-state index contributed by atoms with van der Waals surface area (Å²) < 4.78 is 2.11. The van der Waals surface area contributed by atoms with E-state index in [2.05, 4.69) is 0 Å². The first-order valence-electron chi connectivity index (χ1n) is 13.0. The van der Waals surface area contributed by atoms with E-state index in [1.165, 1.54) is 12.1 Å². The molecule has 0 radical (unpaired) electrons. The first kappa shape index (κ1) is 24.0. The summed E-state index contributed by atoms with van der Waals surface area (Å²) in [6.07, 6.45) is 0. The van der Waals surface area contributed by atoms with Gasteiger partial charge in [-0.2, -0.15) is 0 Å². The summed E-state index contributed by atoms with van der Waals surface area (Å²) in [7, 11) is 0. The van der Waals surface area contributed by atoms with Gasteiger partial charge >= 0.3 is 0 Å². The van der Waals surface area contributed by atoms with Crippen molar-refractivity contribution < 1.29 is 9.59 Å². The third-order valence-electron chi connectivity index (χ3n) is 8.04. The van der Waals surface area contributed by atoms with E-state index in [-0.39, 0.29) is 59.5 Å². The molecule has 0 spiro atoms. The molecule has 4 heterocycles. The molecule has 5 aromatic rings. The Labute approximate surface area is 225 Å². The molecule has 0 N–H and O–H groups in total. The van der Waals surface area contributed by atoms with Gasteiger partial charge in [0, 0.05) is 50.4 Å². The topological polar surface area (TPSA) is 119 Å². The number of fused-ring (bicyclic) bond motifs is 4. The fourth-order valence-electron chi connectivity index (χ4n) is 5.91. The lowest BCUT2D eigenvalue weighted by Crippen LogP contribution is -2.34. The van der Waals surface area contributed by atoms with E-state index in [1.54, 1.807) is 34.1 Å². The number of rotatable bonds is 6. The molecule has 2 aromatic heterocycles. The molecule has 0 fully saturated rings. The molecular weight excluding hydrogens is 512 g/mol. The lowest BCUT2D eigenvalue weighted by molar-refractivity contribution is 0.0765. The van der Waals surface area contributed by atoms with Crippen LogP contribution in [-0.4, -0.2) is 43.8 Å². The van der Waals surface area contributed by atoms with Gasteiger partial charge in [0.2, 0.25) is 0 Å². The summed E-state index contributed by atoms with van der Waals surface area (Å²) in [5.41, 5.74) is 0.760. The van der Waals surface area contributed by atoms with Crippen molar-refractivity contribution >= 4 is 33.4 Å². The number of nitrogens with zero attached hydrogens (tertiary/aromatic N) is 4. The Morgan fingerprint density at radius 3 is 1.18 bits per heavy atom. The van der Waals surface area contributed by atoms with Crippen molar-refractivity contribution in [2.24, 2.45) is 0 Å². The van der Waals surface area contributed by atoms with Crippen LogP contribution in [-0.2, 0) is 26.2 Å². The number of amides is 2. The van der Waals surface area contributed by atoms with Crippen molar-refractivity contribution in [1.82, 2.24) is 18.9 Å². The lowest BCUT2D eigenvalue weighted by Gasteiger charge is -2.15. The molecule has 198 valence electrons. The molecule has 0 saturated heterocycles. The van der Waals surface area contributed by atoms with Crippen LogP contribution in [0.4, 0.5) is 0 Å². The maximum Gasteiger partial charge on any atom is 0.261 e. The molecule has 0 atom stereocenters. The Hall–Kier alpha value is -5.12. The minimum atomic E-state index is -0.564. The van der Waals surface area contributed by atoms with Gasteiger partial charge in [0.25, 0.3) is 34.1 Å². The predicted octanol–water partition coefficient (Wildman–Crippen LogP) is 1.22. The molecule has 0 aliphatic carbocycles. The number of aromatic nitrogens is 2. The number of hydrogen-bond donors (Lipinski definition) is 0. The Balaban J connectivity index is 1.16. The lowest BCUT2D eigenvalue weighted by atomic mass is 10.1. The van der Waals surface area contributed by atoms with Crippen LogP contribution in [0, 0.1) is 0 Å². The molecular formula is C30H22N4O6. The normalized spacial score (nSPS) is 14.6. The number of carbonyl (C=O) groups is 2. The molecule has 40 heavy (non-hydrogen) atoms. The van der Waals surface area contributed by atoms with Crippen LogP contribution in [0.5, 0.6) is 0 Å². The molecule has 0 unspecified atom stereocenters. The highest BCUT2D eigenvalue weighted by atomic mass is 16.2. The highest BCUT2D eigenvalue weighted by molar-refractivity contribution is 5.99. The molecule has 10 nitrogen and oxygen atoms in total. The highest BCUT2D eigenvalue weighted by Gasteiger charge is 2.28. The molecule has 2 aliphatic rings. The second-order valence-electron chi connectivity index (χ2n) is 10.2. The van der Waals surface area contributed by atoms with Gasteiger partial charge in [-0.15, -0.1) is 0 Å². The zero-order chi connectivity index (χ0) is 27.7. The van der Waals surface area contributed by atoms with Crippen molar-refractivity contribution in [2.45, 2.75) is 26.2 Å². The van der Waals surface area contributed by atoms with Crippen LogP contribution in [0.15, 0.2) is 79.8 Å². The maximum absolute atomic E-state index is 13.2. The minimum absolute atomic E-state index is 0.00296. The first-order valence-corrected chi connectivity index (χ1v) is 13.0. The van der Waals surface area contributed by atoms with E-state index in [1.807, 2.05) is 24.3 Å². The Kier molecular flexibility index (Phi) is 5.21. The summed E-state index contributed by atoms with van der Waals surface area (Å²) in [5, 5.41) is 0.252. The van der Waals surface area contributed by atoms with E-state index >= 15 is 0 Å². The Morgan fingerprint density at radius 2 is 0.825 bits per heavy atom. The second kappa shape index (κ2) is 8.70. The van der Waals surface area contributed by atoms with Crippen molar-refractivity contribution in [2.75, 3.05) is 13.1 Å². The smallest absolute Gasteiger partial charge is 0.261 e. The molecule has 3 aromatic carbocycles. The van der Waals surface area contributed by atoms with E-state index < -0.39 is 22.2 Å². The van der Waals surface area contributed by atoms with Crippen molar-refractivity contribution in [1.29, 1.82) is 0 Å². The van der Waals surface area contributed by atoms with Crippen LogP contribution < -0.4 is 22.2 Å². The van der Waals surface area contributed by atoms with Gasteiger partial charge in [-0.25, -0.2) is 0 Å². The van der Waals surface area contributed by atoms with Crippen LogP contribution in [0.25, 0.3) is 21.5 Å². The van der Waals surface area contributed by atoms with Crippen molar-refractivity contribution in [3.05, 3.63) is 124 Å². The number of carbonyl (C=O) groups excluding carboxylic acids is 2. The third kappa shape index (κ3) is 3.42. The quantitative estimate of drug-likeness (QED) is 0.323. The van der Waals surface area contributed by atoms with Gasteiger partial charge in [-0.05, 0) is 35.4 Å². The average Bonchev–Trinajstić information content (AvgIpc) is 3.61. The summed E-state index contributed by atoms with van der Waals surface area (Å²) in [6, 6.07) is 17.2. The number of benzene rings is 3. The fraction of sp³-hybridized carbons (Fsp3) is 0.200. The highest BCUT2D eigenvalue weighted by Crippen LogP contribution is 2.23. The van der Waals surface area contributed by atoms with E-state index in [0.29, 0.717) is 24.2 Å². The molecule has 0 saturated carbocycles. The van der Waals surface area contributed by atoms with Crippen LogP contribution in [0.1, 0.15) is 31.8 Å². The second-order valence-corrected chi connectivity index (χ2v) is 10.2. The molecule has 2 aliphatic heterocycles. The van der Waals surface area contributed by atoms with E-state index in [0.717, 1.165) is 20.3 Å². The number of hydrogen-bond acceptors (Lipinski definition) is 6. The molecule has 7 rings (SSSR count). The standard InChI is InChI=1S/C30H22N4O6/c35-25-19-7-3-1-5-17(19)15-31(25)9-11-33-27(37)21-13-23-24(14-22(21)28(33)38)30(40)34(29(23)39)12-10-32-16-18-6-2-4-8-20(18)26(32)36/h1-8,13-14H,9-12,15-16H2. The van der Waals surface area contributed by atoms with Crippen LogP contribution in [0.3, 0.4) is 0 Å². The SMILES string of the molecule is O=C1c2ccccc2CN1CCn1c(=O)c2cc3c(=O)n(CCN4Cc5ccccc5C4=O)c(=O)c3cc2c1=O. The molecule has 2 amide bonds. The van der Waals surface area contributed by atoms with Crippen LogP contribution in [0.2, 0.25) is 0 Å².